The molecule has 0 saturated heterocycles. The predicted molar refractivity (Wildman–Crippen MR) is 12.9 cm³/mol. The molecule has 0 aliphatic heterocycles. The minimum Gasteiger partial charge on any atom is -1.00 e. The van der Waals surface area contributed by atoms with Crippen molar-refractivity contribution in [3.05, 3.63) is 0 Å². The summed E-state index contributed by atoms with van der Waals surface area (Å²) in [5.74, 6) is 0. The molecular weight excluding hydrogens is 122 g/mol. The molecule has 6 heavy (non-hydrogen) atoms. The molecule has 0 aliphatic rings. The zero-order chi connectivity index (χ0) is 2.71. The number of hydrogen-bond donors (Lipinski definition) is 0. The summed E-state index contributed by atoms with van der Waals surface area (Å²) in [6.45, 7) is 0. The van der Waals surface area contributed by atoms with Crippen LogP contribution in [0, 0.1) is 0 Å². The molecule has 0 aromatic rings. The van der Waals surface area contributed by atoms with E-state index in [0.29, 0.717) is 0 Å². The summed E-state index contributed by atoms with van der Waals surface area (Å²) < 4.78 is 16.8. The molecule has 0 bridgehead atoms. The Labute approximate surface area is 51.1 Å². The van der Waals surface area contributed by atoms with Crippen molar-refractivity contribution in [3.63, 3.8) is 0 Å². The fourth-order valence-electron chi connectivity index (χ4n) is 0. The topological polar surface area (TPSA) is 34.1 Å². The van der Waals surface area contributed by atoms with E-state index in [2.05, 4.69) is 0 Å². The van der Waals surface area contributed by atoms with Crippen LogP contribution in [0.25, 0.3) is 0 Å². The van der Waals surface area contributed by atoms with Crippen molar-refractivity contribution >= 4 is 32.3 Å². The first kappa shape index (κ1) is 32.0. The van der Waals surface area contributed by atoms with Gasteiger partial charge in [0.05, 0.1) is 0 Å². The Morgan fingerprint density at radius 1 is 1.00 bits per heavy atom. The van der Waals surface area contributed by atoms with Crippen molar-refractivity contribution in [2.24, 2.45) is 0 Å². The van der Waals surface area contributed by atoms with Gasteiger partial charge >= 0.3 is 32.3 Å². The van der Waals surface area contributed by atoms with E-state index in [4.69, 9.17) is 8.92 Å². The van der Waals surface area contributed by atoms with E-state index in [9.17, 15) is 0 Å². The van der Waals surface area contributed by atoms with Crippen molar-refractivity contribution in [3.8, 4) is 0 Å². The first-order valence-electron chi connectivity index (χ1n) is 0.408. The van der Waals surface area contributed by atoms with Crippen LogP contribution >= 0.6 is 0 Å². The minimum absolute atomic E-state index is 0. The summed E-state index contributed by atoms with van der Waals surface area (Å²) in [5, 5.41) is 0. The Morgan fingerprint density at radius 3 is 1.00 bits per heavy atom. The predicted octanol–water partition coefficient (Wildman–Crippen LogP) is -6.99. The van der Waals surface area contributed by atoms with Crippen LogP contribution in [-0.4, -0.2) is 32.3 Å². The third kappa shape index (κ3) is 268. The van der Waals surface area contributed by atoms with Gasteiger partial charge in [0.1, 0.15) is 0 Å². The van der Waals surface area contributed by atoms with Crippen molar-refractivity contribution in [1.29, 1.82) is 0 Å². The normalized spacial score (nSPS) is 1.33. The maximum Gasteiger partial charge on any atom is 2.00 e. The Kier molecular flexibility index (Phi) is 275. The van der Waals surface area contributed by atoms with Crippen molar-refractivity contribution in [2.75, 3.05) is 0 Å². The van der Waals surface area contributed by atoms with Crippen molar-refractivity contribution in [2.45, 2.75) is 0 Å². The van der Waals surface area contributed by atoms with Crippen LogP contribution < -0.4 is 9.41 Å². The number of hydrogen-bond acceptors (Lipinski definition) is 2. The standard InChI is InChI=1S/2FH.Mg.O2Si/c;;;1-3-2/h2*1H;;/q;;+2;/p-2. The maximum absolute atomic E-state index is 8.40. The van der Waals surface area contributed by atoms with E-state index in [-0.39, 0.29) is 32.5 Å². The van der Waals surface area contributed by atoms with Crippen LogP contribution in [0.15, 0.2) is 0 Å². The molecule has 0 aromatic carbocycles. The average Bonchev–Trinajstić information content (AvgIpc) is 0.918. The van der Waals surface area contributed by atoms with Gasteiger partial charge in [0, 0.05) is 0 Å². The Balaban J connectivity index is -0.00000000667. The van der Waals surface area contributed by atoms with Crippen LogP contribution in [0.5, 0.6) is 0 Å². The summed E-state index contributed by atoms with van der Waals surface area (Å²) in [6.07, 6.45) is 0. The monoisotopic (exact) mass is 122 g/mol. The fraction of sp³-hybridized carbons (Fsp3) is 0. The zero-order valence-corrected chi connectivity index (χ0v) is 5.19. The van der Waals surface area contributed by atoms with Gasteiger partial charge in [-0.3, -0.25) is 8.92 Å². The molecule has 2 nitrogen and oxygen atoms in total. The second-order valence-electron chi connectivity index (χ2n) is 0.0833. The van der Waals surface area contributed by atoms with E-state index in [0.717, 1.165) is 0 Å². The van der Waals surface area contributed by atoms with Gasteiger partial charge in [0.2, 0.25) is 0 Å². The van der Waals surface area contributed by atoms with Crippen LogP contribution in [0.2, 0.25) is 0 Å². The van der Waals surface area contributed by atoms with Crippen LogP contribution in [0.3, 0.4) is 0 Å². The molecule has 0 heterocycles. The van der Waals surface area contributed by atoms with Gasteiger partial charge in [-0.25, -0.2) is 0 Å². The Bertz CT molecular complexity index is 32.5. The molecular formula is F2MgO2Si. The zero-order valence-electron chi connectivity index (χ0n) is 2.78. The van der Waals surface area contributed by atoms with Crippen molar-refractivity contribution in [1.82, 2.24) is 0 Å². The largest absolute Gasteiger partial charge is 2.00 e. The van der Waals surface area contributed by atoms with Gasteiger partial charge in [0.25, 0.3) is 0 Å². The molecule has 0 unspecified atom stereocenters. The minimum atomic E-state index is -1.42. The van der Waals surface area contributed by atoms with Gasteiger partial charge in [-0.15, -0.1) is 0 Å². The Hall–Kier alpha value is 0.443. The third-order valence-electron chi connectivity index (χ3n) is 0. The second kappa shape index (κ2) is 51.6. The smallest absolute Gasteiger partial charge is 1.00 e. The summed E-state index contributed by atoms with van der Waals surface area (Å²) in [6, 6.07) is 0. The molecule has 0 aliphatic carbocycles. The molecule has 0 aromatic heterocycles. The van der Waals surface area contributed by atoms with E-state index >= 15 is 0 Å². The van der Waals surface area contributed by atoms with Gasteiger partial charge < -0.3 is 9.41 Å². The van der Waals surface area contributed by atoms with E-state index in [1.807, 2.05) is 0 Å². The molecule has 0 radical (unpaired) electrons. The van der Waals surface area contributed by atoms with E-state index < -0.39 is 9.29 Å². The molecule has 0 rings (SSSR count). The van der Waals surface area contributed by atoms with Gasteiger partial charge in [-0.05, 0) is 0 Å². The first-order chi connectivity index (χ1) is 1.41. The average molecular weight is 122 g/mol. The SMILES string of the molecule is O=[Si]=O.[F-].[F-].[Mg+2]. The summed E-state index contributed by atoms with van der Waals surface area (Å²) >= 11 is 0. The summed E-state index contributed by atoms with van der Waals surface area (Å²) in [5.41, 5.74) is 0. The van der Waals surface area contributed by atoms with Crippen LogP contribution in [0.1, 0.15) is 0 Å². The molecule has 0 N–H and O–H groups in total. The molecule has 6 heteroatoms. The quantitative estimate of drug-likeness (QED) is 0.299. The van der Waals surface area contributed by atoms with Gasteiger partial charge in [-0.1, -0.05) is 0 Å². The third-order valence-corrected chi connectivity index (χ3v) is 0. The summed E-state index contributed by atoms with van der Waals surface area (Å²) in [4.78, 5) is 0. The maximum atomic E-state index is 8.40. The van der Waals surface area contributed by atoms with Crippen LogP contribution in [0.4, 0.5) is 0 Å². The Morgan fingerprint density at radius 2 is 1.00 bits per heavy atom. The van der Waals surface area contributed by atoms with E-state index in [1.165, 1.54) is 0 Å². The van der Waals surface area contributed by atoms with Crippen LogP contribution in [-0.2, 0) is 8.92 Å². The molecule has 0 amide bonds. The van der Waals surface area contributed by atoms with Crippen molar-refractivity contribution < 1.29 is 18.3 Å². The molecule has 0 spiro atoms. The van der Waals surface area contributed by atoms with E-state index in [1.54, 1.807) is 0 Å². The molecule has 0 atom stereocenters. The molecule has 32 valence electrons. The molecule has 0 fully saturated rings. The fourth-order valence-corrected chi connectivity index (χ4v) is 0. The van der Waals surface area contributed by atoms with Gasteiger partial charge in [0.15, 0.2) is 0 Å². The van der Waals surface area contributed by atoms with Gasteiger partial charge in [-0.2, -0.15) is 0 Å². The number of halogens is 2. The summed E-state index contributed by atoms with van der Waals surface area (Å²) in [7, 11) is -1.42. The first-order valence-corrected chi connectivity index (χ1v) is 1.22. The number of rotatable bonds is 0. The second-order valence-corrected chi connectivity index (χ2v) is 0.250. The molecule has 0 saturated carbocycles.